The van der Waals surface area contributed by atoms with Crippen LogP contribution in [0.3, 0.4) is 0 Å². The van der Waals surface area contributed by atoms with Gasteiger partial charge in [0.2, 0.25) is 0 Å². The Morgan fingerprint density at radius 2 is 1.17 bits per heavy atom. The number of carbonyl (C=O) groups is 5. The summed E-state index contributed by atoms with van der Waals surface area (Å²) in [4.78, 5) is 86.7. The molecular weight excluding hydrogens is 743 g/mol. The number of likely N-dealkylation sites (tertiary alicyclic amines) is 1. The zero-order chi connectivity index (χ0) is 40.2. The van der Waals surface area contributed by atoms with E-state index in [1.807, 2.05) is 12.1 Å². The van der Waals surface area contributed by atoms with Gasteiger partial charge in [0.25, 0.3) is 11.8 Å². The molecule has 2 aromatic heterocycles. The number of hydrogen-bond donors (Lipinski definition) is 5. The quantitative estimate of drug-likeness (QED) is 0.166. The number of aromatic nitrogens is 4. The van der Waals surface area contributed by atoms with Crippen LogP contribution in [0, 0.1) is 5.92 Å². The molecule has 300 valence electrons. The monoisotopic (exact) mass is 787 g/mol. The van der Waals surface area contributed by atoms with E-state index in [-0.39, 0.29) is 53.6 Å². The van der Waals surface area contributed by atoms with Crippen LogP contribution in [0.25, 0.3) is 0 Å². The number of rotatable bonds is 9. The minimum atomic E-state index is -0.938. The molecule has 0 radical (unpaired) electrons. The lowest BCUT2D eigenvalue weighted by Gasteiger charge is -2.34. The van der Waals surface area contributed by atoms with E-state index < -0.39 is 23.8 Å². The molecule has 4 aliphatic rings. The summed E-state index contributed by atoms with van der Waals surface area (Å²) in [7, 11) is 0. The van der Waals surface area contributed by atoms with Crippen LogP contribution in [0.1, 0.15) is 61.6 Å². The maximum absolute atomic E-state index is 13.4. The first kappa shape index (κ1) is 38.4. The number of fused-ring (bicyclic) bond motifs is 2. The third-order valence-corrected chi connectivity index (χ3v) is 11.3. The lowest BCUT2D eigenvalue weighted by atomic mass is 9.99. The Hall–Kier alpha value is -6.49. The highest BCUT2D eigenvalue weighted by atomic mass is 16.4. The molecule has 0 saturated carbocycles. The van der Waals surface area contributed by atoms with Crippen molar-refractivity contribution < 1.29 is 29.1 Å². The molecule has 2 saturated heterocycles. The van der Waals surface area contributed by atoms with Crippen molar-refractivity contribution in [3.8, 4) is 0 Å². The molecule has 2 unspecified atom stereocenters. The normalized spacial score (nSPS) is 19.2. The number of nitrogens with one attached hydrogen (secondary N) is 4. The Morgan fingerprint density at radius 3 is 1.76 bits per heavy atom. The molecule has 2 aromatic carbocycles. The molecule has 0 bridgehead atoms. The van der Waals surface area contributed by atoms with Gasteiger partial charge in [-0.15, -0.1) is 0 Å². The first-order valence-electron chi connectivity index (χ1n) is 19.6. The molecule has 6 amide bonds. The number of nitrogens with zero attached hydrogens (tertiary/aromatic N) is 7. The van der Waals surface area contributed by atoms with E-state index in [9.17, 15) is 29.1 Å². The predicted octanol–water partition coefficient (Wildman–Crippen LogP) is 2.74. The smallest absolute Gasteiger partial charge is 0.323 e. The summed E-state index contributed by atoms with van der Waals surface area (Å²) >= 11 is 0. The van der Waals surface area contributed by atoms with Gasteiger partial charge in [-0.25, -0.2) is 29.5 Å². The highest BCUT2D eigenvalue weighted by Gasteiger charge is 2.31. The fraction of sp³-hybridized carbons (Fsp3) is 0.390. The summed E-state index contributed by atoms with van der Waals surface area (Å²) in [5.41, 5.74) is 5.93. The second kappa shape index (κ2) is 16.9. The fourth-order valence-corrected chi connectivity index (χ4v) is 8.32. The number of carbonyl (C=O) groups excluding carboxylic acids is 4. The van der Waals surface area contributed by atoms with Gasteiger partial charge in [-0.05, 0) is 66.3 Å². The molecule has 2 aliphatic heterocycles. The van der Waals surface area contributed by atoms with E-state index in [0.29, 0.717) is 65.0 Å². The lowest BCUT2D eigenvalue weighted by molar-refractivity contribution is -0.143. The van der Waals surface area contributed by atoms with Crippen molar-refractivity contribution in [2.45, 2.75) is 57.2 Å². The van der Waals surface area contributed by atoms with Crippen molar-refractivity contribution in [3.05, 3.63) is 106 Å². The summed E-state index contributed by atoms with van der Waals surface area (Å²) in [5, 5.41) is 21.0. The van der Waals surface area contributed by atoms with E-state index in [4.69, 9.17) is 0 Å². The second-order valence-corrected chi connectivity index (χ2v) is 15.3. The fourth-order valence-electron chi connectivity index (χ4n) is 8.32. The minimum absolute atomic E-state index is 0.0132. The van der Waals surface area contributed by atoms with E-state index in [2.05, 4.69) is 76.4 Å². The van der Waals surface area contributed by atoms with Gasteiger partial charge in [0.15, 0.2) is 23.0 Å². The number of piperidine rings is 1. The predicted molar refractivity (Wildman–Crippen MR) is 211 cm³/mol. The summed E-state index contributed by atoms with van der Waals surface area (Å²) in [6, 6.07) is 13.4. The SMILES string of the molecule is O=C(NC1Cc2ccccc2C1)c1nccnc1NC(=O)N1CCN(Cc2ccc3c(c2)CC(NC(=O)c2nccnc2NC(=O)N2CCCC(C(=O)O)C2)C3)CC1. The molecule has 4 heterocycles. The maximum Gasteiger partial charge on any atom is 0.323 e. The Bertz CT molecular complexity index is 2200. The molecule has 4 aromatic rings. The first-order chi connectivity index (χ1) is 28.2. The number of urea groups is 2. The third kappa shape index (κ3) is 8.73. The summed E-state index contributed by atoms with van der Waals surface area (Å²) < 4.78 is 0. The minimum Gasteiger partial charge on any atom is -0.481 e. The van der Waals surface area contributed by atoms with Gasteiger partial charge in [-0.1, -0.05) is 42.5 Å². The highest BCUT2D eigenvalue weighted by Crippen LogP contribution is 2.26. The number of amides is 6. The summed E-state index contributed by atoms with van der Waals surface area (Å²) in [6.45, 7) is 3.52. The van der Waals surface area contributed by atoms with Gasteiger partial charge in [0, 0.05) is 82.7 Å². The number of anilines is 2. The number of hydrogen-bond acceptors (Lipinski definition) is 10. The molecule has 5 N–H and O–H groups in total. The van der Waals surface area contributed by atoms with Crippen LogP contribution in [-0.2, 0) is 37.0 Å². The van der Waals surface area contributed by atoms with Crippen LogP contribution in [0.2, 0.25) is 0 Å². The van der Waals surface area contributed by atoms with Crippen molar-refractivity contribution in [2.75, 3.05) is 49.9 Å². The average molecular weight is 788 g/mol. The van der Waals surface area contributed by atoms with Crippen LogP contribution < -0.4 is 21.3 Å². The molecule has 8 rings (SSSR count). The Kier molecular flexibility index (Phi) is 11.2. The third-order valence-electron chi connectivity index (χ3n) is 11.3. The molecule has 17 nitrogen and oxygen atoms in total. The zero-order valence-corrected chi connectivity index (χ0v) is 31.9. The van der Waals surface area contributed by atoms with Crippen LogP contribution in [-0.4, -0.2) is 121 Å². The number of carboxylic acid groups (broad SMARTS) is 1. The van der Waals surface area contributed by atoms with Crippen LogP contribution >= 0.6 is 0 Å². The van der Waals surface area contributed by atoms with E-state index >= 15 is 0 Å². The van der Waals surface area contributed by atoms with Crippen LogP contribution in [0.15, 0.2) is 67.3 Å². The van der Waals surface area contributed by atoms with Crippen molar-refractivity contribution in [1.82, 2.24) is 45.3 Å². The molecule has 2 atom stereocenters. The zero-order valence-electron chi connectivity index (χ0n) is 31.9. The summed E-state index contributed by atoms with van der Waals surface area (Å²) in [5.74, 6) is -2.25. The van der Waals surface area contributed by atoms with E-state index in [0.717, 1.165) is 29.5 Å². The standard InChI is InChI=1S/C41H45N11O6/c53-37(46-31-19-26-4-1-2-5-27(26)20-31)33-35(44-11-9-42-33)48-40(57)51-16-14-50(15-17-51)23-25-7-8-28-21-32(22-30(28)18-25)47-38(54)34-36(45-12-10-43-34)49-41(58)52-13-3-6-29(24-52)39(55)56/h1-2,4-5,7-12,18,29,31-32H,3,6,13-17,19-24H2,(H,46,53)(H,47,54)(H,55,56)(H,44,48,57)(H,45,49,58). The number of carboxylic acids is 1. The van der Waals surface area contributed by atoms with Crippen molar-refractivity contribution >= 4 is 41.5 Å². The number of aliphatic carboxylic acids is 1. The second-order valence-electron chi connectivity index (χ2n) is 15.3. The molecule has 2 fully saturated rings. The molecule has 2 aliphatic carbocycles. The number of benzene rings is 2. The number of piperazine rings is 1. The highest BCUT2D eigenvalue weighted by molar-refractivity contribution is 6.01. The van der Waals surface area contributed by atoms with Gasteiger partial charge in [-0.2, -0.15) is 0 Å². The van der Waals surface area contributed by atoms with Crippen molar-refractivity contribution in [3.63, 3.8) is 0 Å². The topological polar surface area (TPSA) is 215 Å². The Labute approximate surface area is 334 Å². The Balaban J connectivity index is 0.803. The average Bonchev–Trinajstić information content (AvgIpc) is 3.84. The van der Waals surface area contributed by atoms with E-state index in [1.54, 1.807) is 4.90 Å². The maximum atomic E-state index is 13.4. The van der Waals surface area contributed by atoms with Gasteiger partial charge in [0.1, 0.15) is 0 Å². The van der Waals surface area contributed by atoms with Crippen LogP contribution in [0.4, 0.5) is 21.2 Å². The van der Waals surface area contributed by atoms with Gasteiger partial charge < -0.3 is 25.5 Å². The summed E-state index contributed by atoms with van der Waals surface area (Å²) in [6.07, 6.45) is 9.52. The first-order valence-corrected chi connectivity index (χ1v) is 19.6. The van der Waals surface area contributed by atoms with Crippen molar-refractivity contribution in [1.29, 1.82) is 0 Å². The van der Waals surface area contributed by atoms with Gasteiger partial charge in [0.05, 0.1) is 5.92 Å². The van der Waals surface area contributed by atoms with Gasteiger partial charge in [-0.3, -0.25) is 29.9 Å². The molecule has 0 spiro atoms. The molecule has 58 heavy (non-hydrogen) atoms. The lowest BCUT2D eigenvalue weighted by Crippen LogP contribution is -2.49. The molecular formula is C41H45N11O6. The Morgan fingerprint density at radius 1 is 0.638 bits per heavy atom. The molecule has 17 heteroatoms. The largest absolute Gasteiger partial charge is 0.481 e. The van der Waals surface area contributed by atoms with Gasteiger partial charge >= 0.3 is 18.0 Å². The van der Waals surface area contributed by atoms with Crippen molar-refractivity contribution in [2.24, 2.45) is 5.92 Å². The van der Waals surface area contributed by atoms with Crippen LogP contribution in [0.5, 0.6) is 0 Å². The van der Waals surface area contributed by atoms with E-state index in [1.165, 1.54) is 40.8 Å².